The number of amides is 2. The van der Waals surface area contributed by atoms with Crippen molar-refractivity contribution >= 4 is 22.7 Å². The fraction of sp³-hybridized carbons (Fsp3) is 0.233. The average molecular weight is 464 g/mol. The van der Waals surface area contributed by atoms with Crippen molar-refractivity contribution in [1.29, 1.82) is 0 Å². The van der Waals surface area contributed by atoms with Gasteiger partial charge in [-0.3, -0.25) is 9.59 Å². The second-order valence-electron chi connectivity index (χ2n) is 8.96. The molecule has 5 heteroatoms. The molecule has 0 saturated carbocycles. The van der Waals surface area contributed by atoms with Gasteiger partial charge in [-0.15, -0.1) is 0 Å². The van der Waals surface area contributed by atoms with E-state index in [0.717, 1.165) is 46.1 Å². The lowest BCUT2D eigenvalue weighted by atomic mass is 9.94. The van der Waals surface area contributed by atoms with Crippen molar-refractivity contribution in [3.8, 4) is 11.3 Å². The Balaban J connectivity index is 1.67. The second kappa shape index (κ2) is 10.1. The molecule has 2 heterocycles. The van der Waals surface area contributed by atoms with Gasteiger partial charge < -0.3 is 10.2 Å². The number of likely N-dealkylation sites (tertiary alicyclic amines) is 1. The van der Waals surface area contributed by atoms with Crippen LogP contribution in [0.5, 0.6) is 0 Å². The Morgan fingerprint density at radius 1 is 0.971 bits per heavy atom. The van der Waals surface area contributed by atoms with Crippen LogP contribution in [0.4, 0.5) is 0 Å². The maximum Gasteiger partial charge on any atom is 0.252 e. The van der Waals surface area contributed by atoms with Crippen LogP contribution in [0.1, 0.15) is 53.7 Å². The molecule has 1 aromatic heterocycles. The number of hydrogen-bond donors (Lipinski definition) is 1. The van der Waals surface area contributed by atoms with Gasteiger partial charge in [-0.25, -0.2) is 4.98 Å². The summed E-state index contributed by atoms with van der Waals surface area (Å²) in [6.45, 7) is 3.14. The Morgan fingerprint density at radius 3 is 2.34 bits per heavy atom. The molecular weight excluding hydrogens is 434 g/mol. The fourth-order valence-corrected chi connectivity index (χ4v) is 4.90. The van der Waals surface area contributed by atoms with Crippen LogP contribution in [0.15, 0.2) is 84.9 Å². The van der Waals surface area contributed by atoms with Gasteiger partial charge in [0.1, 0.15) is 0 Å². The largest absolute Gasteiger partial charge is 0.345 e. The van der Waals surface area contributed by atoms with Crippen molar-refractivity contribution in [2.75, 3.05) is 6.54 Å². The van der Waals surface area contributed by atoms with Crippen molar-refractivity contribution < 1.29 is 9.59 Å². The number of fused-ring (bicyclic) bond motifs is 1. The molecule has 1 aliphatic rings. The van der Waals surface area contributed by atoms with E-state index >= 15 is 0 Å². The number of carbonyl (C=O) groups is 2. The minimum absolute atomic E-state index is 0.114. The first-order valence-electron chi connectivity index (χ1n) is 12.3. The summed E-state index contributed by atoms with van der Waals surface area (Å²) >= 11 is 0. The normalized spacial score (nSPS) is 14.3. The first-order valence-corrected chi connectivity index (χ1v) is 12.3. The van der Waals surface area contributed by atoms with Gasteiger partial charge in [-0.05, 0) is 24.5 Å². The van der Waals surface area contributed by atoms with E-state index in [9.17, 15) is 9.59 Å². The lowest BCUT2D eigenvalue weighted by Crippen LogP contribution is -2.31. The van der Waals surface area contributed by atoms with E-state index in [1.165, 1.54) is 0 Å². The molecule has 0 spiro atoms. The van der Waals surface area contributed by atoms with Crippen molar-refractivity contribution in [2.24, 2.45) is 0 Å². The number of pyridine rings is 1. The number of carbonyl (C=O) groups excluding carboxylic acids is 2. The minimum atomic E-state index is -0.141. The quantitative estimate of drug-likeness (QED) is 0.371. The molecule has 1 fully saturated rings. The maximum absolute atomic E-state index is 14.0. The van der Waals surface area contributed by atoms with Crippen LogP contribution in [0, 0.1) is 0 Å². The van der Waals surface area contributed by atoms with Crippen molar-refractivity contribution in [1.82, 2.24) is 15.2 Å². The van der Waals surface area contributed by atoms with E-state index in [4.69, 9.17) is 4.98 Å². The van der Waals surface area contributed by atoms with Gasteiger partial charge >= 0.3 is 0 Å². The highest BCUT2D eigenvalue weighted by Crippen LogP contribution is 2.33. The summed E-state index contributed by atoms with van der Waals surface area (Å²) in [5.41, 5.74) is 4.92. The van der Waals surface area contributed by atoms with E-state index in [-0.39, 0.29) is 17.9 Å². The van der Waals surface area contributed by atoms with E-state index in [1.54, 1.807) is 0 Å². The van der Waals surface area contributed by atoms with Crippen LogP contribution < -0.4 is 5.32 Å². The van der Waals surface area contributed by atoms with Crippen LogP contribution in [-0.4, -0.2) is 28.2 Å². The summed E-state index contributed by atoms with van der Waals surface area (Å²) < 4.78 is 0. The summed E-state index contributed by atoms with van der Waals surface area (Å²) in [6, 6.07) is 27.6. The predicted molar refractivity (Wildman–Crippen MR) is 139 cm³/mol. The number of benzene rings is 3. The first kappa shape index (κ1) is 22.8. The summed E-state index contributed by atoms with van der Waals surface area (Å²) in [5, 5.41) is 4.08. The Labute approximate surface area is 205 Å². The molecule has 0 bridgehead atoms. The number of para-hydroxylation sites is 1. The Kier molecular flexibility index (Phi) is 6.57. The van der Waals surface area contributed by atoms with Gasteiger partial charge in [0.2, 0.25) is 5.91 Å². The Hall–Kier alpha value is -3.99. The third-order valence-corrected chi connectivity index (χ3v) is 6.70. The zero-order valence-corrected chi connectivity index (χ0v) is 19.9. The maximum atomic E-state index is 14.0. The summed E-state index contributed by atoms with van der Waals surface area (Å²) in [5.74, 6) is -0.0163. The molecule has 1 N–H and O–H groups in total. The molecule has 0 aliphatic carbocycles. The predicted octanol–water partition coefficient (Wildman–Crippen LogP) is 5.91. The van der Waals surface area contributed by atoms with Gasteiger partial charge in [0, 0.05) is 36.0 Å². The highest BCUT2D eigenvalue weighted by molar-refractivity contribution is 6.09. The highest BCUT2D eigenvalue weighted by Gasteiger charge is 2.28. The third kappa shape index (κ3) is 4.67. The average Bonchev–Trinajstić information content (AvgIpc) is 3.31. The molecule has 1 saturated heterocycles. The zero-order valence-electron chi connectivity index (χ0n) is 19.9. The molecule has 1 unspecified atom stereocenters. The second-order valence-corrected chi connectivity index (χ2v) is 8.96. The molecule has 1 aliphatic heterocycles. The van der Waals surface area contributed by atoms with Crippen molar-refractivity contribution in [2.45, 2.75) is 38.8 Å². The smallest absolute Gasteiger partial charge is 0.252 e. The van der Waals surface area contributed by atoms with Crippen LogP contribution >= 0.6 is 0 Å². The topological polar surface area (TPSA) is 62.3 Å². The third-order valence-electron chi connectivity index (χ3n) is 6.70. The molecular formula is C30H29N3O2. The molecule has 2 amide bonds. The lowest BCUT2D eigenvalue weighted by Gasteiger charge is -2.24. The molecule has 0 radical (unpaired) electrons. The minimum Gasteiger partial charge on any atom is -0.345 e. The molecule has 4 aromatic rings. The summed E-state index contributed by atoms with van der Waals surface area (Å²) in [4.78, 5) is 33.4. The van der Waals surface area contributed by atoms with E-state index < -0.39 is 0 Å². The van der Waals surface area contributed by atoms with Crippen LogP contribution in [-0.2, 0) is 11.3 Å². The molecule has 1 atom stereocenters. The molecule has 5 nitrogen and oxygen atoms in total. The van der Waals surface area contributed by atoms with Crippen LogP contribution in [0.25, 0.3) is 22.2 Å². The van der Waals surface area contributed by atoms with Gasteiger partial charge in [-0.2, -0.15) is 0 Å². The van der Waals surface area contributed by atoms with E-state index in [1.807, 2.05) is 89.8 Å². The van der Waals surface area contributed by atoms with Gasteiger partial charge in [0.25, 0.3) is 5.91 Å². The number of nitrogens with zero attached hydrogens (tertiary/aromatic N) is 2. The number of nitrogens with one attached hydrogen (secondary N) is 1. The number of hydrogen-bond acceptors (Lipinski definition) is 3. The lowest BCUT2D eigenvalue weighted by molar-refractivity contribution is -0.128. The van der Waals surface area contributed by atoms with Crippen LogP contribution in [0.3, 0.4) is 0 Å². The van der Waals surface area contributed by atoms with Gasteiger partial charge in [0.05, 0.1) is 22.8 Å². The number of rotatable bonds is 7. The Morgan fingerprint density at radius 2 is 1.66 bits per heavy atom. The molecule has 35 heavy (non-hydrogen) atoms. The highest BCUT2D eigenvalue weighted by atomic mass is 16.2. The van der Waals surface area contributed by atoms with Gasteiger partial charge in [0.15, 0.2) is 0 Å². The van der Waals surface area contributed by atoms with Gasteiger partial charge in [-0.1, -0.05) is 85.8 Å². The molecule has 3 aromatic carbocycles. The molecule has 5 rings (SSSR count). The first-order chi connectivity index (χ1) is 17.2. The monoisotopic (exact) mass is 463 g/mol. The summed E-state index contributed by atoms with van der Waals surface area (Å²) in [7, 11) is 0. The Bertz CT molecular complexity index is 1350. The van der Waals surface area contributed by atoms with Crippen LogP contribution in [0.2, 0.25) is 0 Å². The summed E-state index contributed by atoms with van der Waals surface area (Å²) in [6.07, 6.45) is 2.16. The fourth-order valence-electron chi connectivity index (χ4n) is 4.90. The standard InChI is InChI=1S/C30H29N3O2/c1-2-25(21-12-5-3-6-13-21)32-30(35)28-23-16-9-10-17-26(23)31-29(22-14-7-4-8-15-22)24(28)20-33-19-11-18-27(33)34/h3-10,12-17,25H,2,11,18-20H2,1H3,(H,32,35). The molecule has 176 valence electrons. The van der Waals surface area contributed by atoms with Crippen molar-refractivity contribution in [3.05, 3.63) is 102 Å². The van der Waals surface area contributed by atoms with E-state index in [2.05, 4.69) is 12.2 Å². The SMILES string of the molecule is CCC(NC(=O)c1c(CN2CCCC2=O)c(-c2ccccc2)nc2ccccc12)c1ccccc1. The van der Waals surface area contributed by atoms with E-state index in [0.29, 0.717) is 25.1 Å². The van der Waals surface area contributed by atoms with Crippen molar-refractivity contribution in [3.63, 3.8) is 0 Å². The number of aromatic nitrogens is 1. The zero-order chi connectivity index (χ0) is 24.2.